The Labute approximate surface area is 153 Å². The zero-order valence-electron chi connectivity index (χ0n) is 14.9. The molecule has 2 amide bonds. The fourth-order valence-corrected chi connectivity index (χ4v) is 3.22. The average molecular weight is 356 g/mol. The summed E-state index contributed by atoms with van der Waals surface area (Å²) in [6.07, 6.45) is 0. The highest BCUT2D eigenvalue weighted by Crippen LogP contribution is 2.14. The van der Waals surface area contributed by atoms with Gasteiger partial charge in [-0.2, -0.15) is 0 Å². The summed E-state index contributed by atoms with van der Waals surface area (Å²) in [5.41, 5.74) is 4.30. The van der Waals surface area contributed by atoms with Crippen molar-refractivity contribution in [3.05, 3.63) is 65.2 Å². The van der Waals surface area contributed by atoms with E-state index in [4.69, 9.17) is 0 Å². The molecule has 5 heteroatoms. The molecule has 0 bridgehead atoms. The highest BCUT2D eigenvalue weighted by molar-refractivity contribution is 7.99. The Morgan fingerprint density at radius 2 is 1.76 bits per heavy atom. The van der Waals surface area contributed by atoms with E-state index in [1.807, 2.05) is 37.3 Å². The Morgan fingerprint density at radius 3 is 2.44 bits per heavy atom. The van der Waals surface area contributed by atoms with Gasteiger partial charge in [-0.25, -0.2) is 0 Å². The van der Waals surface area contributed by atoms with Gasteiger partial charge >= 0.3 is 0 Å². The highest BCUT2D eigenvalue weighted by atomic mass is 32.2. The first-order valence-electron chi connectivity index (χ1n) is 8.18. The second kappa shape index (κ2) is 9.28. The van der Waals surface area contributed by atoms with Crippen LogP contribution in [0.4, 0.5) is 5.69 Å². The Balaban J connectivity index is 1.73. The maximum absolute atomic E-state index is 12.2. The largest absolute Gasteiger partial charge is 0.336 e. The lowest BCUT2D eigenvalue weighted by molar-refractivity contribution is -0.131. The van der Waals surface area contributed by atoms with E-state index in [-0.39, 0.29) is 18.4 Å². The van der Waals surface area contributed by atoms with Crippen LogP contribution in [0.3, 0.4) is 0 Å². The van der Waals surface area contributed by atoms with Gasteiger partial charge in [0.05, 0.1) is 12.3 Å². The molecule has 0 atom stereocenters. The van der Waals surface area contributed by atoms with E-state index in [1.165, 1.54) is 16.0 Å². The highest BCUT2D eigenvalue weighted by Gasteiger charge is 2.13. The van der Waals surface area contributed by atoms with Gasteiger partial charge in [-0.05, 0) is 31.5 Å². The van der Waals surface area contributed by atoms with Crippen LogP contribution < -0.4 is 5.32 Å². The fourth-order valence-electron chi connectivity index (χ4n) is 2.31. The summed E-state index contributed by atoms with van der Waals surface area (Å²) < 4.78 is 0. The second-order valence-corrected chi connectivity index (χ2v) is 7.13. The van der Waals surface area contributed by atoms with Crippen molar-refractivity contribution in [1.29, 1.82) is 0 Å². The molecule has 0 aromatic heterocycles. The molecular formula is C20H24N2O2S. The minimum Gasteiger partial charge on any atom is -0.336 e. The minimum atomic E-state index is -0.191. The van der Waals surface area contributed by atoms with Crippen LogP contribution in [0.25, 0.3) is 0 Å². The van der Waals surface area contributed by atoms with Gasteiger partial charge in [-0.15, -0.1) is 11.8 Å². The monoisotopic (exact) mass is 356 g/mol. The zero-order chi connectivity index (χ0) is 18.2. The number of anilines is 1. The summed E-state index contributed by atoms with van der Waals surface area (Å²) >= 11 is 1.56. The Morgan fingerprint density at radius 1 is 1.04 bits per heavy atom. The number of hydrogen-bond acceptors (Lipinski definition) is 3. The van der Waals surface area contributed by atoms with Crippen molar-refractivity contribution in [1.82, 2.24) is 4.90 Å². The van der Waals surface area contributed by atoms with E-state index in [0.29, 0.717) is 5.75 Å². The zero-order valence-corrected chi connectivity index (χ0v) is 15.7. The summed E-state index contributed by atoms with van der Waals surface area (Å²) in [5, 5.41) is 2.80. The third-order valence-corrected chi connectivity index (χ3v) is 4.71. The Bertz CT molecular complexity index is 729. The molecule has 132 valence electrons. The van der Waals surface area contributed by atoms with Gasteiger partial charge in [-0.1, -0.05) is 47.5 Å². The summed E-state index contributed by atoms with van der Waals surface area (Å²) in [6, 6.07) is 15.8. The van der Waals surface area contributed by atoms with E-state index >= 15 is 0 Å². The quantitative estimate of drug-likeness (QED) is 0.824. The van der Waals surface area contributed by atoms with Crippen LogP contribution in [0.15, 0.2) is 48.5 Å². The number of likely N-dealkylation sites (N-methyl/N-ethyl adjacent to an activating group) is 1. The summed E-state index contributed by atoms with van der Waals surface area (Å²) in [6.45, 7) is 4.10. The Kier molecular flexibility index (Phi) is 7.07. The van der Waals surface area contributed by atoms with Crippen LogP contribution in [-0.4, -0.2) is 36.1 Å². The molecule has 0 radical (unpaired) electrons. The summed E-state index contributed by atoms with van der Waals surface area (Å²) in [4.78, 5) is 25.7. The lowest BCUT2D eigenvalue weighted by Gasteiger charge is -2.16. The van der Waals surface area contributed by atoms with Crippen molar-refractivity contribution in [2.24, 2.45) is 0 Å². The van der Waals surface area contributed by atoms with E-state index in [0.717, 1.165) is 17.0 Å². The standard InChI is InChI=1S/C20H24N2O2S/c1-15-7-9-18(10-8-15)21-19(23)12-22(3)20(24)14-25-13-17-6-4-5-16(2)11-17/h4-11H,12-14H2,1-3H3,(H,21,23). The van der Waals surface area contributed by atoms with Crippen molar-refractivity contribution in [2.45, 2.75) is 19.6 Å². The van der Waals surface area contributed by atoms with E-state index in [2.05, 4.69) is 30.4 Å². The smallest absolute Gasteiger partial charge is 0.243 e. The molecule has 0 aliphatic rings. The topological polar surface area (TPSA) is 49.4 Å². The van der Waals surface area contributed by atoms with Gasteiger partial charge in [-0.3, -0.25) is 9.59 Å². The maximum Gasteiger partial charge on any atom is 0.243 e. The third-order valence-electron chi connectivity index (χ3n) is 3.72. The van der Waals surface area contributed by atoms with Crippen LogP contribution in [0.5, 0.6) is 0 Å². The maximum atomic E-state index is 12.2. The molecule has 2 aromatic rings. The molecule has 1 N–H and O–H groups in total. The molecular weight excluding hydrogens is 332 g/mol. The number of thioether (sulfide) groups is 1. The van der Waals surface area contributed by atoms with Gasteiger partial charge in [0.2, 0.25) is 11.8 Å². The number of benzene rings is 2. The molecule has 4 nitrogen and oxygen atoms in total. The first-order chi connectivity index (χ1) is 11.9. The first-order valence-corrected chi connectivity index (χ1v) is 9.33. The molecule has 2 aromatic carbocycles. The van der Waals surface area contributed by atoms with Crippen molar-refractivity contribution in [3.8, 4) is 0 Å². The van der Waals surface area contributed by atoms with Crippen LogP contribution >= 0.6 is 11.8 Å². The Hall–Kier alpha value is -2.27. The minimum absolute atomic E-state index is 0.0447. The molecule has 0 saturated heterocycles. The lowest BCUT2D eigenvalue weighted by Crippen LogP contribution is -2.35. The number of carbonyl (C=O) groups excluding carboxylic acids is 2. The fraction of sp³-hybridized carbons (Fsp3) is 0.300. The molecule has 0 spiro atoms. The van der Waals surface area contributed by atoms with Crippen molar-refractivity contribution in [2.75, 3.05) is 24.7 Å². The first kappa shape index (κ1) is 19.1. The molecule has 0 aliphatic carbocycles. The molecule has 0 unspecified atom stereocenters. The number of rotatable bonds is 7. The average Bonchev–Trinajstić information content (AvgIpc) is 2.57. The lowest BCUT2D eigenvalue weighted by atomic mass is 10.2. The predicted octanol–water partition coefficient (Wildman–Crippen LogP) is 3.63. The van der Waals surface area contributed by atoms with Crippen LogP contribution in [0.1, 0.15) is 16.7 Å². The number of amides is 2. The number of nitrogens with zero attached hydrogens (tertiary/aromatic N) is 1. The van der Waals surface area contributed by atoms with E-state index < -0.39 is 0 Å². The molecule has 0 heterocycles. The number of aryl methyl sites for hydroxylation is 2. The molecule has 0 saturated carbocycles. The van der Waals surface area contributed by atoms with Crippen LogP contribution in [0, 0.1) is 13.8 Å². The van der Waals surface area contributed by atoms with Crippen molar-refractivity contribution in [3.63, 3.8) is 0 Å². The molecule has 2 rings (SSSR count). The van der Waals surface area contributed by atoms with E-state index in [9.17, 15) is 9.59 Å². The van der Waals surface area contributed by atoms with Crippen molar-refractivity contribution < 1.29 is 9.59 Å². The van der Waals surface area contributed by atoms with Gasteiger partial charge < -0.3 is 10.2 Å². The predicted molar refractivity (Wildman–Crippen MR) is 105 cm³/mol. The summed E-state index contributed by atoms with van der Waals surface area (Å²) in [7, 11) is 1.66. The second-order valence-electron chi connectivity index (χ2n) is 6.15. The van der Waals surface area contributed by atoms with Gasteiger partial charge in [0, 0.05) is 18.5 Å². The number of carbonyl (C=O) groups is 2. The molecule has 25 heavy (non-hydrogen) atoms. The van der Waals surface area contributed by atoms with Crippen LogP contribution in [0.2, 0.25) is 0 Å². The molecule has 0 aliphatic heterocycles. The third kappa shape index (κ3) is 6.63. The van der Waals surface area contributed by atoms with Crippen molar-refractivity contribution >= 4 is 29.3 Å². The van der Waals surface area contributed by atoms with Gasteiger partial charge in [0.25, 0.3) is 0 Å². The van der Waals surface area contributed by atoms with E-state index in [1.54, 1.807) is 18.8 Å². The number of nitrogens with one attached hydrogen (secondary N) is 1. The van der Waals surface area contributed by atoms with Crippen LogP contribution in [-0.2, 0) is 15.3 Å². The molecule has 0 fully saturated rings. The number of hydrogen-bond donors (Lipinski definition) is 1. The van der Waals surface area contributed by atoms with Gasteiger partial charge in [0.15, 0.2) is 0 Å². The SMILES string of the molecule is Cc1ccc(NC(=O)CN(C)C(=O)CSCc2cccc(C)c2)cc1. The van der Waals surface area contributed by atoms with Gasteiger partial charge in [0.1, 0.15) is 0 Å². The normalized spacial score (nSPS) is 10.4. The summed E-state index contributed by atoms with van der Waals surface area (Å²) in [5.74, 6) is 0.916.